The molecule has 0 aromatic carbocycles. The molecule has 0 aliphatic carbocycles. The minimum atomic E-state index is -4.13. The number of thiophene rings is 6. The molecule has 0 saturated heterocycles. The summed E-state index contributed by atoms with van der Waals surface area (Å²) >= 11 is 13.9. The average molecular weight is 1290 g/mol. The molecule has 0 fully saturated rings. The molecular formula is C66H96F6N2S8. The summed E-state index contributed by atoms with van der Waals surface area (Å²) in [4.78, 5) is 26.1. The van der Waals surface area contributed by atoms with Gasteiger partial charge in [-0.05, 0) is 197 Å². The first-order valence-electron chi connectivity index (χ1n) is 27.4. The maximum Gasteiger partial charge on any atom is 0.394 e. The smallest absolute Gasteiger partial charge is 0.250 e. The lowest BCUT2D eigenvalue weighted by Crippen LogP contribution is -2.33. The van der Waals surface area contributed by atoms with Gasteiger partial charge >= 0.3 is 12.4 Å². The minimum absolute atomic E-state index is 0.0645. The molecule has 0 aliphatic rings. The van der Waals surface area contributed by atoms with Crippen LogP contribution < -0.4 is 0 Å². The van der Waals surface area contributed by atoms with Gasteiger partial charge in [-0.2, -0.15) is 26.3 Å². The molecule has 0 unspecified atom stereocenters. The molecular weight excluding hydrogens is 1190 g/mol. The summed E-state index contributed by atoms with van der Waals surface area (Å²) in [5.74, 6) is 0. The van der Waals surface area contributed by atoms with E-state index >= 15 is 0 Å². The molecule has 8 aromatic heterocycles. The molecule has 0 atom stereocenters. The van der Waals surface area contributed by atoms with Gasteiger partial charge in [-0.25, -0.2) is 9.97 Å². The lowest BCUT2D eigenvalue weighted by atomic mass is 9.88. The fourth-order valence-electron chi connectivity index (χ4n) is 7.03. The Morgan fingerprint density at radius 3 is 0.659 bits per heavy atom. The van der Waals surface area contributed by atoms with Crippen LogP contribution in [0.4, 0.5) is 26.3 Å². The largest absolute Gasteiger partial charge is 0.394 e. The van der Waals surface area contributed by atoms with Crippen molar-refractivity contribution in [2.45, 2.75) is 211 Å². The van der Waals surface area contributed by atoms with E-state index in [0.717, 1.165) is 30.9 Å². The van der Waals surface area contributed by atoms with Crippen molar-refractivity contribution in [3.8, 4) is 0 Å². The molecule has 16 heteroatoms. The Balaban J connectivity index is 0.000000474. The lowest BCUT2D eigenvalue weighted by Gasteiger charge is -2.26. The summed E-state index contributed by atoms with van der Waals surface area (Å²) in [5, 5.41) is 2.32. The highest BCUT2D eigenvalue weighted by molar-refractivity contribution is 7.13. The first-order valence-corrected chi connectivity index (χ1v) is 34.0. The molecule has 0 N–H and O–H groups in total. The van der Waals surface area contributed by atoms with Gasteiger partial charge in [0, 0.05) is 80.7 Å². The second-order valence-corrected chi connectivity index (χ2v) is 36.8. The maximum absolute atomic E-state index is 12.5. The number of rotatable bonds is 7. The fraction of sp³-hybridized carbons (Fsp3) is 0.545. The average Bonchev–Trinajstić information content (AvgIpc) is 4.20. The van der Waals surface area contributed by atoms with Gasteiger partial charge in [0.15, 0.2) is 0 Å². The number of hydrogen-bond acceptors (Lipinski definition) is 10. The highest BCUT2D eigenvalue weighted by Crippen LogP contribution is 2.42. The Morgan fingerprint density at radius 1 is 0.268 bits per heavy atom. The van der Waals surface area contributed by atoms with Gasteiger partial charge in [-0.3, -0.25) is 0 Å². The molecule has 82 heavy (non-hydrogen) atoms. The van der Waals surface area contributed by atoms with Gasteiger partial charge in [0.1, 0.15) is 0 Å². The highest BCUT2D eigenvalue weighted by atomic mass is 32.1. The Hall–Kier alpha value is -2.96. The van der Waals surface area contributed by atoms with Crippen LogP contribution in [-0.4, -0.2) is 22.3 Å². The van der Waals surface area contributed by atoms with E-state index in [-0.39, 0.29) is 12.8 Å². The van der Waals surface area contributed by atoms with Crippen molar-refractivity contribution in [1.29, 1.82) is 0 Å². The van der Waals surface area contributed by atoms with Crippen LogP contribution in [0.2, 0.25) is 0 Å². The summed E-state index contributed by atoms with van der Waals surface area (Å²) in [7, 11) is 0. The molecule has 0 saturated carbocycles. The highest BCUT2D eigenvalue weighted by Gasteiger charge is 2.48. The topological polar surface area (TPSA) is 25.8 Å². The van der Waals surface area contributed by atoms with Crippen LogP contribution in [0.1, 0.15) is 168 Å². The van der Waals surface area contributed by atoms with Crippen molar-refractivity contribution < 1.29 is 26.3 Å². The zero-order chi connectivity index (χ0) is 63.2. The zero-order valence-corrected chi connectivity index (χ0v) is 60.1. The number of aromatic nitrogens is 2. The van der Waals surface area contributed by atoms with E-state index in [9.17, 15) is 26.3 Å². The van der Waals surface area contributed by atoms with Gasteiger partial charge in [0.25, 0.3) is 0 Å². The summed E-state index contributed by atoms with van der Waals surface area (Å²) in [5.41, 5.74) is -2.03. The van der Waals surface area contributed by atoms with Crippen LogP contribution in [0, 0.1) is 103 Å². The summed E-state index contributed by atoms with van der Waals surface area (Å²) in [6.07, 6.45) is -0.722. The van der Waals surface area contributed by atoms with Gasteiger partial charge in [-0.1, -0.05) is 90.0 Å². The van der Waals surface area contributed by atoms with E-state index in [4.69, 9.17) is 0 Å². The van der Waals surface area contributed by atoms with Crippen LogP contribution in [0.3, 0.4) is 0 Å². The molecule has 460 valence electrons. The van der Waals surface area contributed by atoms with Crippen LogP contribution in [-0.2, 0) is 32.1 Å². The number of aryl methyl sites for hydroxylation is 11. The number of thiazole rings is 2. The number of nitrogens with zero attached hydrogens (tertiary/aromatic N) is 2. The van der Waals surface area contributed by atoms with Crippen molar-refractivity contribution in [3.05, 3.63) is 163 Å². The second-order valence-electron chi connectivity index (χ2n) is 25.5. The molecule has 8 rings (SSSR count). The van der Waals surface area contributed by atoms with E-state index in [1.807, 2.05) is 90.6 Å². The normalized spacial score (nSPS) is 11.8. The molecule has 0 spiro atoms. The third-order valence-electron chi connectivity index (χ3n) is 11.2. The number of alkyl halides is 6. The Bertz CT molecular complexity index is 2640. The van der Waals surface area contributed by atoms with E-state index in [2.05, 4.69) is 176 Å². The molecule has 2 nitrogen and oxygen atoms in total. The van der Waals surface area contributed by atoms with E-state index in [0.29, 0.717) is 16.2 Å². The van der Waals surface area contributed by atoms with Gasteiger partial charge in [-0.15, -0.1) is 90.7 Å². The van der Waals surface area contributed by atoms with Crippen LogP contribution >= 0.6 is 90.7 Å². The predicted octanol–water partition coefficient (Wildman–Crippen LogP) is 25.2. The van der Waals surface area contributed by atoms with E-state index < -0.39 is 23.2 Å². The van der Waals surface area contributed by atoms with Gasteiger partial charge in [0.2, 0.25) is 0 Å². The SMILES string of the molecule is Cc1ccc(C)s1.Cc1ccc(C)s1.Cc1ccc(CC(C)(C)C(F)(F)F)s1.Cc1ccc(CC(C)(C)C(F)(F)F)s1.Cc1ccc(CC(C)(C)C)s1.Cc1ccc(CC(C)(C)C)s1.Cc1cnc(C)s1.Cc1ncc(CC(C)(C)C)s1. The monoisotopic (exact) mass is 1290 g/mol. The molecule has 0 radical (unpaired) electrons. The second kappa shape index (κ2) is 34.4. The molecule has 0 aliphatic heterocycles. The quantitative estimate of drug-likeness (QED) is 0.149. The third kappa shape index (κ3) is 35.5. The minimum Gasteiger partial charge on any atom is -0.250 e. The molecule has 0 bridgehead atoms. The first-order chi connectivity index (χ1) is 37.2. The summed E-state index contributed by atoms with van der Waals surface area (Å²) in [6, 6.07) is 24.7. The van der Waals surface area contributed by atoms with Crippen molar-refractivity contribution >= 4 is 90.7 Å². The van der Waals surface area contributed by atoms with Gasteiger partial charge in [0.05, 0.1) is 20.8 Å². The number of hydrogen-bond donors (Lipinski definition) is 0. The lowest BCUT2D eigenvalue weighted by molar-refractivity contribution is -0.211. The van der Waals surface area contributed by atoms with Crippen LogP contribution in [0.5, 0.6) is 0 Å². The molecule has 8 heterocycles. The molecule has 0 amide bonds. The molecule has 8 aromatic rings. The van der Waals surface area contributed by atoms with Crippen molar-refractivity contribution in [2.75, 3.05) is 0 Å². The van der Waals surface area contributed by atoms with Crippen molar-refractivity contribution in [2.24, 2.45) is 27.1 Å². The van der Waals surface area contributed by atoms with Crippen molar-refractivity contribution in [3.63, 3.8) is 0 Å². The maximum atomic E-state index is 12.5. The van der Waals surface area contributed by atoms with Crippen molar-refractivity contribution in [1.82, 2.24) is 9.97 Å². The Labute approximate surface area is 524 Å². The summed E-state index contributed by atoms with van der Waals surface area (Å²) < 4.78 is 75.2. The zero-order valence-electron chi connectivity index (χ0n) is 53.5. The van der Waals surface area contributed by atoms with Crippen LogP contribution in [0.25, 0.3) is 0 Å². The van der Waals surface area contributed by atoms with Crippen LogP contribution in [0.15, 0.2) is 85.2 Å². The fourth-order valence-corrected chi connectivity index (χ4v) is 15.0. The Morgan fingerprint density at radius 2 is 0.500 bits per heavy atom. The standard InChI is InChI=1S/2C10H13F3S.2C10H16S.C9H15NS.2C6H8S.C5H7NS/c2*1-7-4-5-8(14-7)6-9(2,3)10(11,12)13;2*1-8-5-6-9(11-8)7-10(2,3)4;1-7-10-6-8(11-7)5-9(2,3)4;2*1-5-3-4-6(2)7-5;1-4-3-6-5(2)7-4/h2*4-5H,6H2,1-3H3;2*5-6H,7H2,1-4H3;6H,5H2,1-4H3;2*3-4H,1-2H3;3H,1-2H3. The summed E-state index contributed by atoms with van der Waals surface area (Å²) in [6.45, 7) is 48.1. The number of halogens is 6. The first kappa shape index (κ1) is 77.1. The van der Waals surface area contributed by atoms with E-state index in [1.54, 1.807) is 34.8 Å². The van der Waals surface area contributed by atoms with E-state index in [1.165, 1.54) is 117 Å². The van der Waals surface area contributed by atoms with Gasteiger partial charge < -0.3 is 0 Å². The Kier molecular flexibility index (Phi) is 32.3. The predicted molar refractivity (Wildman–Crippen MR) is 359 cm³/mol. The third-order valence-corrected chi connectivity index (χ3v) is 18.8.